The summed E-state index contributed by atoms with van der Waals surface area (Å²) in [6, 6.07) is 12.8. The van der Waals surface area contributed by atoms with Crippen molar-refractivity contribution in [3.05, 3.63) is 60.0 Å². The third-order valence-corrected chi connectivity index (χ3v) is 5.30. The molecule has 1 aliphatic rings. The Bertz CT molecular complexity index is 1000. The molecule has 25 heavy (non-hydrogen) atoms. The van der Waals surface area contributed by atoms with E-state index in [1.165, 1.54) is 36.0 Å². The van der Waals surface area contributed by atoms with E-state index < -0.39 is 0 Å². The quantitative estimate of drug-likeness (QED) is 0.600. The zero-order chi connectivity index (χ0) is 16.6. The van der Waals surface area contributed by atoms with Crippen molar-refractivity contribution < 1.29 is 0 Å². The zero-order valence-corrected chi connectivity index (χ0v) is 14.1. The van der Waals surface area contributed by atoms with Crippen LogP contribution in [0.5, 0.6) is 0 Å². The summed E-state index contributed by atoms with van der Waals surface area (Å²) in [6.07, 6.45) is 6.17. The molecule has 1 unspecified atom stereocenters. The molecule has 5 nitrogen and oxygen atoms in total. The molecule has 4 aromatic rings. The lowest BCUT2D eigenvalue weighted by Gasteiger charge is -2.32. The van der Waals surface area contributed by atoms with Gasteiger partial charge in [-0.25, -0.2) is 9.97 Å². The van der Waals surface area contributed by atoms with E-state index in [4.69, 9.17) is 0 Å². The molecule has 5 heteroatoms. The van der Waals surface area contributed by atoms with Crippen LogP contribution in [0.2, 0.25) is 0 Å². The van der Waals surface area contributed by atoms with Crippen LogP contribution in [0.3, 0.4) is 0 Å². The maximum atomic E-state index is 4.43. The summed E-state index contributed by atoms with van der Waals surface area (Å²) in [5, 5.41) is 9.13. The van der Waals surface area contributed by atoms with Crippen molar-refractivity contribution in [3.63, 3.8) is 0 Å². The summed E-state index contributed by atoms with van der Waals surface area (Å²) < 4.78 is 0. The largest absolute Gasteiger partial charge is 0.304 e. The number of aromatic amines is 2. The van der Waals surface area contributed by atoms with Gasteiger partial charge < -0.3 is 5.10 Å². The summed E-state index contributed by atoms with van der Waals surface area (Å²) in [5.41, 5.74) is 4.58. The molecule has 0 aliphatic carbocycles. The second-order valence-corrected chi connectivity index (χ2v) is 6.95. The van der Waals surface area contributed by atoms with Crippen LogP contribution in [0.1, 0.15) is 30.0 Å². The summed E-state index contributed by atoms with van der Waals surface area (Å²) in [5.74, 6) is 0.506. The number of hydrogen-bond acceptors (Lipinski definition) is 3. The molecule has 0 saturated carbocycles. The van der Waals surface area contributed by atoms with Crippen LogP contribution < -0.4 is 0 Å². The molecule has 1 fully saturated rings. The van der Waals surface area contributed by atoms with Crippen LogP contribution in [-0.2, 0) is 6.54 Å². The van der Waals surface area contributed by atoms with Gasteiger partial charge in [-0.15, -0.1) is 0 Å². The Morgan fingerprint density at radius 2 is 2.00 bits per heavy atom. The molecule has 1 atom stereocenters. The van der Waals surface area contributed by atoms with Crippen LogP contribution in [-0.4, -0.2) is 38.2 Å². The van der Waals surface area contributed by atoms with Gasteiger partial charge in [0.1, 0.15) is 0 Å². The van der Waals surface area contributed by atoms with Crippen LogP contribution in [0.25, 0.3) is 21.9 Å². The van der Waals surface area contributed by atoms with Crippen LogP contribution in [0.15, 0.2) is 48.8 Å². The van der Waals surface area contributed by atoms with Crippen molar-refractivity contribution in [1.29, 1.82) is 0 Å². The van der Waals surface area contributed by atoms with Crippen molar-refractivity contribution in [2.45, 2.75) is 25.3 Å². The lowest BCUT2D eigenvalue weighted by atomic mass is 9.92. The fourth-order valence-corrected chi connectivity index (χ4v) is 4.12. The van der Waals surface area contributed by atoms with Gasteiger partial charge >= 0.3 is 0 Å². The number of H-pyrrole nitrogens is 2. The SMILES string of the molecule is c1ccc(CN2CCCC(c3[nH][nH]c4cnc5nccc5c34)C2)cc1. The third-order valence-electron chi connectivity index (χ3n) is 5.30. The monoisotopic (exact) mass is 331 g/mol. The molecule has 2 N–H and O–H groups in total. The second-order valence-electron chi connectivity index (χ2n) is 6.95. The number of likely N-dealkylation sites (tertiary alicyclic amines) is 1. The molecule has 4 heterocycles. The maximum absolute atomic E-state index is 4.43. The first kappa shape index (κ1) is 14.7. The van der Waals surface area contributed by atoms with E-state index >= 15 is 0 Å². The highest BCUT2D eigenvalue weighted by Gasteiger charge is 2.25. The normalized spacial score (nSPS) is 19.0. The molecule has 1 aromatic carbocycles. The van der Waals surface area contributed by atoms with Gasteiger partial charge in [0, 0.05) is 41.7 Å². The molecule has 0 amide bonds. The Morgan fingerprint density at radius 3 is 2.92 bits per heavy atom. The molecule has 1 saturated heterocycles. The van der Waals surface area contributed by atoms with Gasteiger partial charge in [-0.1, -0.05) is 30.3 Å². The smallest absolute Gasteiger partial charge is 0.159 e. The van der Waals surface area contributed by atoms with Crippen molar-refractivity contribution in [2.75, 3.05) is 13.1 Å². The van der Waals surface area contributed by atoms with E-state index in [1.807, 2.05) is 12.4 Å². The molecule has 1 aliphatic heterocycles. The van der Waals surface area contributed by atoms with Gasteiger partial charge in [0.2, 0.25) is 0 Å². The molecule has 5 rings (SSSR count). The summed E-state index contributed by atoms with van der Waals surface area (Å²) in [4.78, 5) is 11.3. The molecule has 3 aromatic heterocycles. The predicted octanol–water partition coefficient (Wildman–Crippen LogP) is 3.82. The number of piperidine rings is 1. The third kappa shape index (κ3) is 2.61. The minimum absolute atomic E-state index is 0.506. The zero-order valence-electron chi connectivity index (χ0n) is 14.1. The van der Waals surface area contributed by atoms with E-state index in [9.17, 15) is 0 Å². The minimum atomic E-state index is 0.506. The highest BCUT2D eigenvalue weighted by Crippen LogP contribution is 2.34. The van der Waals surface area contributed by atoms with Gasteiger partial charge in [0.15, 0.2) is 5.65 Å². The highest BCUT2D eigenvalue weighted by atomic mass is 15.2. The van der Waals surface area contributed by atoms with Gasteiger partial charge in [-0.2, -0.15) is 0 Å². The van der Waals surface area contributed by atoms with Crippen molar-refractivity contribution >= 4 is 21.9 Å². The Hall–Kier alpha value is -2.66. The maximum Gasteiger partial charge on any atom is 0.159 e. The van der Waals surface area contributed by atoms with Gasteiger partial charge in [0.25, 0.3) is 0 Å². The highest BCUT2D eigenvalue weighted by molar-refractivity contribution is 6.04. The molecule has 0 spiro atoms. The Kier molecular flexibility index (Phi) is 3.52. The number of nitrogens with one attached hydrogen (secondary N) is 2. The number of aromatic nitrogens is 4. The number of pyridine rings is 1. The van der Waals surface area contributed by atoms with Gasteiger partial charge in [-0.05, 0) is 31.0 Å². The predicted molar refractivity (Wildman–Crippen MR) is 99.4 cm³/mol. The lowest BCUT2D eigenvalue weighted by Crippen LogP contribution is -2.34. The topological polar surface area (TPSA) is 60.6 Å². The Labute approximate surface area is 146 Å². The first-order valence-corrected chi connectivity index (χ1v) is 8.94. The van der Waals surface area contributed by atoms with E-state index in [0.717, 1.165) is 29.6 Å². The number of nitrogens with zero attached hydrogens (tertiary/aromatic N) is 3. The first-order valence-electron chi connectivity index (χ1n) is 8.94. The Morgan fingerprint density at radius 1 is 1.08 bits per heavy atom. The average molecular weight is 331 g/mol. The van der Waals surface area contributed by atoms with Crippen LogP contribution in [0.4, 0.5) is 0 Å². The second kappa shape index (κ2) is 6.01. The van der Waals surface area contributed by atoms with E-state index in [-0.39, 0.29) is 0 Å². The van der Waals surface area contributed by atoms with Crippen LogP contribution >= 0.6 is 0 Å². The van der Waals surface area contributed by atoms with Crippen molar-refractivity contribution in [2.24, 2.45) is 0 Å². The number of fused-ring (bicyclic) bond motifs is 3. The van der Waals surface area contributed by atoms with E-state index in [1.54, 1.807) is 0 Å². The van der Waals surface area contributed by atoms with E-state index in [0.29, 0.717) is 5.92 Å². The average Bonchev–Trinajstić information content (AvgIpc) is 3.29. The molecular weight excluding hydrogens is 310 g/mol. The molecule has 0 bridgehead atoms. The summed E-state index contributed by atoms with van der Waals surface area (Å²) >= 11 is 0. The number of hydrogen-bond donors (Lipinski definition) is 2. The Balaban J connectivity index is 1.46. The number of benzene rings is 1. The molecule has 126 valence electrons. The van der Waals surface area contributed by atoms with E-state index in [2.05, 4.69) is 61.5 Å². The standard InChI is InChI=1S/C20H21N5/c1-2-5-14(6-3-1)12-25-10-4-7-15(13-25)19-18-16-8-9-21-20(16)22-11-17(18)23-24-19/h1-3,5-6,8-9,11,15,23-24H,4,7,10,12-13H2. The van der Waals surface area contributed by atoms with Crippen molar-refractivity contribution in [1.82, 2.24) is 25.1 Å². The van der Waals surface area contributed by atoms with Gasteiger partial charge in [-0.3, -0.25) is 10.00 Å². The fraction of sp³-hybridized carbons (Fsp3) is 0.300. The minimum Gasteiger partial charge on any atom is -0.304 e. The lowest BCUT2D eigenvalue weighted by molar-refractivity contribution is 0.199. The first-order chi connectivity index (χ1) is 12.4. The van der Waals surface area contributed by atoms with Gasteiger partial charge in [0.05, 0.1) is 11.7 Å². The van der Waals surface area contributed by atoms with Crippen molar-refractivity contribution in [3.8, 4) is 0 Å². The fourth-order valence-electron chi connectivity index (χ4n) is 4.12. The molecule has 0 radical (unpaired) electrons. The number of rotatable bonds is 3. The molecular formula is C20H21N5. The summed E-state index contributed by atoms with van der Waals surface area (Å²) in [6.45, 7) is 3.27. The van der Waals surface area contributed by atoms with Crippen LogP contribution in [0, 0.1) is 0 Å². The summed E-state index contributed by atoms with van der Waals surface area (Å²) in [7, 11) is 0.